The van der Waals surface area contributed by atoms with Crippen LogP contribution in [0, 0.1) is 5.82 Å². The van der Waals surface area contributed by atoms with E-state index in [-0.39, 0.29) is 43.0 Å². The minimum Gasteiger partial charge on any atom is -0.491 e. The van der Waals surface area contributed by atoms with Gasteiger partial charge >= 0.3 is 6.18 Å². The van der Waals surface area contributed by atoms with Crippen LogP contribution in [0.4, 0.5) is 26.3 Å². The second kappa shape index (κ2) is 8.23. The lowest BCUT2D eigenvalue weighted by Gasteiger charge is -2.20. The molecule has 9 heteroatoms. The maximum absolute atomic E-state index is 14.0. The Balaban J connectivity index is 1.70. The lowest BCUT2D eigenvalue weighted by Crippen LogP contribution is -2.35. The van der Waals surface area contributed by atoms with Crippen molar-refractivity contribution in [3.8, 4) is 16.9 Å². The van der Waals surface area contributed by atoms with Gasteiger partial charge in [-0.2, -0.15) is 13.2 Å². The Morgan fingerprint density at radius 2 is 1.86 bits per heavy atom. The van der Waals surface area contributed by atoms with Gasteiger partial charge in [-0.1, -0.05) is 18.2 Å². The van der Waals surface area contributed by atoms with E-state index in [0.717, 1.165) is 18.2 Å². The number of ether oxygens (including phenoxy) is 1. The quantitative estimate of drug-likeness (QED) is 0.696. The van der Waals surface area contributed by atoms with Crippen LogP contribution in [0.1, 0.15) is 12.0 Å². The highest BCUT2D eigenvalue weighted by molar-refractivity contribution is 5.69. The van der Waals surface area contributed by atoms with Gasteiger partial charge in [0.15, 0.2) is 0 Å². The van der Waals surface area contributed by atoms with Crippen molar-refractivity contribution in [1.82, 2.24) is 4.90 Å². The van der Waals surface area contributed by atoms with Gasteiger partial charge < -0.3 is 9.84 Å². The standard InChI is InChI=1S/C20H19F6NO2/c21-14-7-13(17-3-1-2-4-18(17)20(24,25)26)8-16(9-14)29-11-15(28)10-27-6-5-19(22,23)12-27/h1-4,7-9,15,28H,5-6,10-12H2. The Morgan fingerprint density at radius 3 is 2.52 bits per heavy atom. The molecule has 1 aliphatic heterocycles. The number of aliphatic hydroxyl groups is 1. The number of likely N-dealkylation sites (tertiary alicyclic amines) is 1. The SMILES string of the molecule is OC(COc1cc(F)cc(-c2ccccc2C(F)(F)F)c1)CN1CCC(F)(F)C1. The molecule has 2 aromatic rings. The molecule has 1 aliphatic rings. The van der Waals surface area contributed by atoms with E-state index in [1.54, 1.807) is 0 Å². The lowest BCUT2D eigenvalue weighted by atomic mass is 9.99. The summed E-state index contributed by atoms with van der Waals surface area (Å²) in [5.74, 6) is -3.66. The molecule has 0 bridgehead atoms. The van der Waals surface area contributed by atoms with Crippen LogP contribution in [-0.2, 0) is 6.18 Å². The van der Waals surface area contributed by atoms with E-state index in [0.29, 0.717) is 0 Å². The predicted octanol–water partition coefficient (Wildman–Crippen LogP) is 4.59. The number of aliphatic hydroxyl groups excluding tert-OH is 1. The summed E-state index contributed by atoms with van der Waals surface area (Å²) < 4.78 is 85.3. The number of hydrogen-bond acceptors (Lipinski definition) is 3. The molecule has 158 valence electrons. The number of nitrogens with zero attached hydrogens (tertiary/aromatic N) is 1. The number of alkyl halides is 5. The zero-order valence-corrected chi connectivity index (χ0v) is 15.2. The molecule has 0 aromatic heterocycles. The Hall–Kier alpha value is -2.26. The van der Waals surface area contributed by atoms with E-state index in [9.17, 15) is 31.4 Å². The van der Waals surface area contributed by atoms with Crippen LogP contribution in [0.3, 0.4) is 0 Å². The van der Waals surface area contributed by atoms with Gasteiger partial charge in [-0.25, -0.2) is 13.2 Å². The highest BCUT2D eigenvalue weighted by Gasteiger charge is 2.38. The second-order valence-corrected chi connectivity index (χ2v) is 7.02. The molecule has 1 fully saturated rings. The third kappa shape index (κ3) is 5.63. The molecule has 2 aromatic carbocycles. The van der Waals surface area contributed by atoms with Crippen molar-refractivity contribution in [2.24, 2.45) is 0 Å². The normalized spacial score (nSPS) is 18.0. The van der Waals surface area contributed by atoms with Gasteiger partial charge in [-0.05, 0) is 29.3 Å². The highest BCUT2D eigenvalue weighted by Crippen LogP contribution is 2.38. The molecule has 0 spiro atoms. The van der Waals surface area contributed by atoms with Gasteiger partial charge in [0.05, 0.1) is 12.1 Å². The molecule has 3 rings (SSSR count). The zero-order chi connectivity index (χ0) is 21.2. The van der Waals surface area contributed by atoms with Gasteiger partial charge in [0.2, 0.25) is 0 Å². The minimum absolute atomic E-state index is 0.0263. The smallest absolute Gasteiger partial charge is 0.417 e. The van der Waals surface area contributed by atoms with Crippen molar-refractivity contribution in [3.05, 3.63) is 53.8 Å². The first-order valence-corrected chi connectivity index (χ1v) is 8.92. The van der Waals surface area contributed by atoms with Crippen LogP contribution in [0.15, 0.2) is 42.5 Å². The number of halogens is 6. The van der Waals surface area contributed by atoms with E-state index in [1.165, 1.54) is 29.2 Å². The van der Waals surface area contributed by atoms with E-state index >= 15 is 0 Å². The van der Waals surface area contributed by atoms with Crippen LogP contribution in [0.25, 0.3) is 11.1 Å². The molecule has 3 nitrogen and oxygen atoms in total. The molecule has 0 radical (unpaired) electrons. The van der Waals surface area contributed by atoms with E-state index in [4.69, 9.17) is 4.74 Å². The summed E-state index contributed by atoms with van der Waals surface area (Å²) in [6, 6.07) is 7.95. The molecular weight excluding hydrogens is 400 g/mol. The van der Waals surface area contributed by atoms with Crippen LogP contribution >= 0.6 is 0 Å². The molecule has 1 saturated heterocycles. The van der Waals surface area contributed by atoms with Crippen molar-refractivity contribution in [2.45, 2.75) is 24.6 Å². The number of rotatable bonds is 6. The van der Waals surface area contributed by atoms with Crippen LogP contribution in [-0.4, -0.2) is 48.3 Å². The predicted molar refractivity (Wildman–Crippen MR) is 94.3 cm³/mol. The average Bonchev–Trinajstić information content (AvgIpc) is 2.97. The highest BCUT2D eigenvalue weighted by atomic mass is 19.4. The minimum atomic E-state index is -4.61. The molecule has 1 N–H and O–H groups in total. The average molecular weight is 419 g/mol. The molecule has 0 aliphatic carbocycles. The molecule has 29 heavy (non-hydrogen) atoms. The monoisotopic (exact) mass is 419 g/mol. The van der Waals surface area contributed by atoms with E-state index in [2.05, 4.69) is 0 Å². The van der Waals surface area contributed by atoms with Crippen LogP contribution < -0.4 is 4.74 Å². The Morgan fingerprint density at radius 1 is 1.14 bits per heavy atom. The first-order valence-electron chi connectivity index (χ1n) is 8.92. The Labute approximate surface area is 163 Å². The zero-order valence-electron chi connectivity index (χ0n) is 15.2. The fourth-order valence-corrected chi connectivity index (χ4v) is 3.29. The van der Waals surface area contributed by atoms with Gasteiger partial charge in [0.1, 0.15) is 24.3 Å². The maximum atomic E-state index is 14.0. The van der Waals surface area contributed by atoms with Gasteiger partial charge in [-0.3, -0.25) is 4.90 Å². The molecule has 1 heterocycles. The van der Waals surface area contributed by atoms with Crippen LogP contribution in [0.5, 0.6) is 5.75 Å². The molecule has 0 amide bonds. The fourth-order valence-electron chi connectivity index (χ4n) is 3.29. The largest absolute Gasteiger partial charge is 0.491 e. The van der Waals surface area contributed by atoms with Crippen LogP contribution in [0.2, 0.25) is 0 Å². The van der Waals surface area contributed by atoms with Crippen molar-refractivity contribution in [3.63, 3.8) is 0 Å². The van der Waals surface area contributed by atoms with Gasteiger partial charge in [-0.15, -0.1) is 0 Å². The number of hydrogen-bond donors (Lipinski definition) is 1. The third-order valence-corrected chi connectivity index (χ3v) is 4.57. The topological polar surface area (TPSA) is 32.7 Å². The van der Waals surface area contributed by atoms with Crippen molar-refractivity contribution >= 4 is 0 Å². The number of benzene rings is 2. The summed E-state index contributed by atoms with van der Waals surface area (Å²) in [4.78, 5) is 1.39. The maximum Gasteiger partial charge on any atom is 0.417 e. The van der Waals surface area contributed by atoms with Crippen molar-refractivity contribution < 1.29 is 36.2 Å². The van der Waals surface area contributed by atoms with Crippen molar-refractivity contribution in [2.75, 3.05) is 26.2 Å². The van der Waals surface area contributed by atoms with E-state index < -0.39 is 36.1 Å². The second-order valence-electron chi connectivity index (χ2n) is 7.02. The Kier molecular flexibility index (Phi) is 6.09. The van der Waals surface area contributed by atoms with E-state index in [1.807, 2.05) is 0 Å². The van der Waals surface area contributed by atoms with Crippen molar-refractivity contribution in [1.29, 1.82) is 0 Å². The molecule has 0 saturated carbocycles. The van der Waals surface area contributed by atoms with Gasteiger partial charge in [0, 0.05) is 25.6 Å². The summed E-state index contributed by atoms with van der Waals surface area (Å²) in [5.41, 5.74) is -1.14. The first-order chi connectivity index (χ1) is 13.5. The number of β-amino-alcohol motifs (C(OH)–C–C–N with tert-alkyl or cyclic N) is 1. The molecule has 1 unspecified atom stereocenters. The summed E-state index contributed by atoms with van der Waals surface area (Å²) in [5, 5.41) is 9.99. The summed E-state index contributed by atoms with van der Waals surface area (Å²) >= 11 is 0. The fraction of sp³-hybridized carbons (Fsp3) is 0.400. The summed E-state index contributed by atoms with van der Waals surface area (Å²) in [7, 11) is 0. The molecule has 1 atom stereocenters. The third-order valence-electron chi connectivity index (χ3n) is 4.57. The molecular formula is C20H19F6NO2. The Bertz CT molecular complexity index is 855. The van der Waals surface area contributed by atoms with Gasteiger partial charge in [0.25, 0.3) is 5.92 Å². The summed E-state index contributed by atoms with van der Waals surface area (Å²) in [6.07, 6.45) is -6.01. The lowest BCUT2D eigenvalue weighted by molar-refractivity contribution is -0.137. The summed E-state index contributed by atoms with van der Waals surface area (Å²) in [6.45, 7) is -0.675. The first kappa shape index (κ1) is 21.4.